The second kappa shape index (κ2) is 8.47. The standard InChI is InChI=1S/C15H30N2O3/c1-6-19-9-14(10(2)3)17-15(18)16-13-7-11(4)20-12(5)8-13/h10-14H,6-9H2,1-5H3,(H2,16,17,18)/t11-,12+,13?,14-/m0/s1. The second-order valence-corrected chi connectivity index (χ2v) is 6.05. The molecule has 4 atom stereocenters. The molecule has 0 aromatic carbocycles. The van der Waals surface area contributed by atoms with Gasteiger partial charge in [0.05, 0.1) is 24.9 Å². The van der Waals surface area contributed by atoms with Crippen molar-refractivity contribution in [2.75, 3.05) is 13.2 Å². The van der Waals surface area contributed by atoms with Gasteiger partial charge in [0.15, 0.2) is 0 Å². The van der Waals surface area contributed by atoms with Gasteiger partial charge < -0.3 is 20.1 Å². The first-order valence-corrected chi connectivity index (χ1v) is 7.72. The van der Waals surface area contributed by atoms with Gasteiger partial charge in [0.2, 0.25) is 0 Å². The third kappa shape index (κ3) is 6.09. The maximum absolute atomic E-state index is 12.1. The second-order valence-electron chi connectivity index (χ2n) is 6.05. The molecule has 1 unspecified atom stereocenters. The molecule has 118 valence electrons. The summed E-state index contributed by atoms with van der Waals surface area (Å²) in [6.07, 6.45) is 2.15. The molecule has 1 fully saturated rings. The number of amides is 2. The Bertz CT molecular complexity index is 287. The summed E-state index contributed by atoms with van der Waals surface area (Å²) >= 11 is 0. The van der Waals surface area contributed by atoms with Crippen LogP contribution in [0.5, 0.6) is 0 Å². The van der Waals surface area contributed by atoms with Crippen molar-refractivity contribution in [2.24, 2.45) is 5.92 Å². The third-order valence-corrected chi connectivity index (χ3v) is 3.66. The van der Waals surface area contributed by atoms with Gasteiger partial charge in [0, 0.05) is 12.6 Å². The van der Waals surface area contributed by atoms with Gasteiger partial charge in [-0.15, -0.1) is 0 Å². The van der Waals surface area contributed by atoms with E-state index in [4.69, 9.17) is 9.47 Å². The normalized spacial score (nSPS) is 28.2. The Labute approximate surface area is 122 Å². The Hall–Kier alpha value is -0.810. The summed E-state index contributed by atoms with van der Waals surface area (Å²) in [6, 6.07) is 0.132. The zero-order chi connectivity index (χ0) is 15.1. The van der Waals surface area contributed by atoms with Crippen LogP contribution in [0.3, 0.4) is 0 Å². The van der Waals surface area contributed by atoms with E-state index in [0.29, 0.717) is 19.1 Å². The van der Waals surface area contributed by atoms with E-state index in [9.17, 15) is 4.79 Å². The van der Waals surface area contributed by atoms with Crippen molar-refractivity contribution in [3.8, 4) is 0 Å². The van der Waals surface area contributed by atoms with Crippen LogP contribution in [-0.2, 0) is 9.47 Å². The lowest BCUT2D eigenvalue weighted by Crippen LogP contribution is -2.52. The van der Waals surface area contributed by atoms with Gasteiger partial charge in [-0.1, -0.05) is 13.8 Å². The largest absolute Gasteiger partial charge is 0.380 e. The molecule has 0 aromatic heterocycles. The van der Waals surface area contributed by atoms with E-state index >= 15 is 0 Å². The van der Waals surface area contributed by atoms with Crippen LogP contribution in [0.1, 0.15) is 47.5 Å². The minimum atomic E-state index is -0.102. The van der Waals surface area contributed by atoms with E-state index in [1.165, 1.54) is 0 Å². The zero-order valence-corrected chi connectivity index (χ0v) is 13.4. The van der Waals surface area contributed by atoms with E-state index in [1.807, 2.05) is 20.8 Å². The smallest absolute Gasteiger partial charge is 0.315 e. The average molecular weight is 286 g/mol. The van der Waals surface area contributed by atoms with Crippen LogP contribution < -0.4 is 10.6 Å². The number of hydrogen-bond acceptors (Lipinski definition) is 3. The molecule has 1 aliphatic rings. The van der Waals surface area contributed by atoms with Crippen LogP contribution in [0, 0.1) is 5.92 Å². The number of hydrogen-bond donors (Lipinski definition) is 2. The fourth-order valence-electron chi connectivity index (χ4n) is 2.56. The quantitative estimate of drug-likeness (QED) is 0.787. The highest BCUT2D eigenvalue weighted by atomic mass is 16.5. The zero-order valence-electron chi connectivity index (χ0n) is 13.4. The molecule has 2 amide bonds. The van der Waals surface area contributed by atoms with Crippen molar-refractivity contribution in [1.29, 1.82) is 0 Å². The van der Waals surface area contributed by atoms with Crippen LogP contribution in [0.15, 0.2) is 0 Å². The van der Waals surface area contributed by atoms with Crippen molar-refractivity contribution >= 4 is 6.03 Å². The minimum absolute atomic E-state index is 0.0460. The fourth-order valence-corrected chi connectivity index (χ4v) is 2.56. The van der Waals surface area contributed by atoms with Gasteiger partial charge >= 0.3 is 6.03 Å². The molecule has 5 nitrogen and oxygen atoms in total. The molecule has 1 heterocycles. The van der Waals surface area contributed by atoms with E-state index in [0.717, 1.165) is 12.8 Å². The van der Waals surface area contributed by atoms with Crippen LogP contribution in [0.25, 0.3) is 0 Å². The molecule has 0 aliphatic carbocycles. The van der Waals surface area contributed by atoms with Crippen LogP contribution >= 0.6 is 0 Å². The summed E-state index contributed by atoms with van der Waals surface area (Å²) in [5, 5.41) is 6.07. The van der Waals surface area contributed by atoms with Crippen molar-refractivity contribution in [2.45, 2.75) is 71.8 Å². The van der Waals surface area contributed by atoms with E-state index in [2.05, 4.69) is 24.5 Å². The topological polar surface area (TPSA) is 59.6 Å². The summed E-state index contributed by atoms with van der Waals surface area (Å²) in [5.74, 6) is 0.347. The molecule has 0 aromatic rings. The number of urea groups is 1. The number of ether oxygens (including phenoxy) is 2. The highest BCUT2D eigenvalue weighted by Gasteiger charge is 2.26. The summed E-state index contributed by atoms with van der Waals surface area (Å²) in [5.41, 5.74) is 0. The Kier molecular flexibility index (Phi) is 7.30. The highest BCUT2D eigenvalue weighted by Crippen LogP contribution is 2.18. The SMILES string of the molecule is CCOC[C@H](NC(=O)NC1C[C@@H](C)O[C@@H](C)C1)C(C)C. The average Bonchev–Trinajstić information content (AvgIpc) is 2.32. The lowest BCUT2D eigenvalue weighted by Gasteiger charge is -2.33. The van der Waals surface area contributed by atoms with E-state index < -0.39 is 0 Å². The van der Waals surface area contributed by atoms with Crippen molar-refractivity contribution in [1.82, 2.24) is 10.6 Å². The van der Waals surface area contributed by atoms with Crippen LogP contribution in [0.4, 0.5) is 4.79 Å². The third-order valence-electron chi connectivity index (χ3n) is 3.66. The van der Waals surface area contributed by atoms with Gasteiger partial charge in [-0.05, 0) is 39.5 Å². The molecule has 20 heavy (non-hydrogen) atoms. The molecule has 0 spiro atoms. The maximum atomic E-state index is 12.1. The maximum Gasteiger partial charge on any atom is 0.315 e. The van der Waals surface area contributed by atoms with Crippen molar-refractivity contribution in [3.63, 3.8) is 0 Å². The number of carbonyl (C=O) groups is 1. The first kappa shape index (κ1) is 17.2. The van der Waals surface area contributed by atoms with Gasteiger partial charge in [-0.25, -0.2) is 4.79 Å². The fraction of sp³-hybridized carbons (Fsp3) is 0.933. The molecule has 1 aliphatic heterocycles. The summed E-state index contributed by atoms with van der Waals surface area (Å²) in [6.45, 7) is 11.5. The highest BCUT2D eigenvalue weighted by molar-refractivity contribution is 5.74. The summed E-state index contributed by atoms with van der Waals surface area (Å²) < 4.78 is 11.1. The monoisotopic (exact) mass is 286 g/mol. The minimum Gasteiger partial charge on any atom is -0.380 e. The van der Waals surface area contributed by atoms with Gasteiger partial charge in [-0.3, -0.25) is 0 Å². The molecule has 1 saturated heterocycles. The van der Waals surface area contributed by atoms with E-state index in [1.54, 1.807) is 0 Å². The lowest BCUT2D eigenvalue weighted by molar-refractivity contribution is -0.0403. The molecule has 0 bridgehead atoms. The Morgan fingerprint density at radius 3 is 2.40 bits per heavy atom. The van der Waals surface area contributed by atoms with Crippen LogP contribution in [0.2, 0.25) is 0 Å². The van der Waals surface area contributed by atoms with Gasteiger partial charge in [-0.2, -0.15) is 0 Å². The summed E-state index contributed by atoms with van der Waals surface area (Å²) in [4.78, 5) is 12.1. The Balaban J connectivity index is 2.40. The number of nitrogens with one attached hydrogen (secondary N) is 2. The molecule has 2 N–H and O–H groups in total. The summed E-state index contributed by atoms with van der Waals surface area (Å²) in [7, 11) is 0. The van der Waals surface area contributed by atoms with Crippen molar-refractivity contribution < 1.29 is 14.3 Å². The first-order chi connectivity index (χ1) is 9.42. The molecule has 1 rings (SSSR count). The lowest BCUT2D eigenvalue weighted by atomic mass is 10.00. The van der Waals surface area contributed by atoms with Crippen molar-refractivity contribution in [3.05, 3.63) is 0 Å². The number of rotatable bonds is 6. The number of carbonyl (C=O) groups excluding carboxylic acids is 1. The predicted octanol–water partition coefficient (Wildman–Crippen LogP) is 2.30. The van der Waals surface area contributed by atoms with Gasteiger partial charge in [0.1, 0.15) is 0 Å². The molecular weight excluding hydrogens is 256 g/mol. The van der Waals surface area contributed by atoms with E-state index in [-0.39, 0.29) is 30.3 Å². The van der Waals surface area contributed by atoms with Gasteiger partial charge in [0.25, 0.3) is 0 Å². The molecular formula is C15H30N2O3. The van der Waals surface area contributed by atoms with Crippen LogP contribution in [-0.4, -0.2) is 43.5 Å². The predicted molar refractivity (Wildman–Crippen MR) is 79.8 cm³/mol. The molecule has 0 saturated carbocycles. The first-order valence-electron chi connectivity index (χ1n) is 7.72. The Morgan fingerprint density at radius 2 is 1.90 bits per heavy atom. The molecule has 0 radical (unpaired) electrons. The Morgan fingerprint density at radius 1 is 1.30 bits per heavy atom. The molecule has 5 heteroatoms.